The lowest BCUT2D eigenvalue weighted by Crippen LogP contribution is -2.42. The Hall–Kier alpha value is -1.84. The molecule has 4 nitrogen and oxygen atoms in total. The zero-order valence-electron chi connectivity index (χ0n) is 12.1. The number of amides is 1. The number of fused-ring (bicyclic) bond motifs is 1. The highest BCUT2D eigenvalue weighted by Crippen LogP contribution is 2.31. The number of aliphatic carboxylic acids is 1. The molecule has 112 valence electrons. The molecule has 0 radical (unpaired) electrons. The molecule has 0 unspecified atom stereocenters. The molecule has 0 aromatic heterocycles. The fraction of sp³-hybridized carbons (Fsp3) is 0.529. The number of carboxylic acids is 1. The van der Waals surface area contributed by atoms with E-state index in [1.807, 2.05) is 12.1 Å². The van der Waals surface area contributed by atoms with E-state index in [0.717, 1.165) is 31.4 Å². The first kappa shape index (κ1) is 14.1. The maximum Gasteiger partial charge on any atom is 0.228 e. The fourth-order valence-corrected chi connectivity index (χ4v) is 3.61. The first-order valence-corrected chi connectivity index (χ1v) is 7.78. The number of anilines is 1. The van der Waals surface area contributed by atoms with Crippen molar-refractivity contribution in [3.8, 4) is 0 Å². The lowest BCUT2D eigenvalue weighted by molar-refractivity contribution is -0.313. The minimum atomic E-state index is -1.09. The smallest absolute Gasteiger partial charge is 0.228 e. The van der Waals surface area contributed by atoms with Crippen LogP contribution in [0.25, 0.3) is 0 Å². The van der Waals surface area contributed by atoms with Gasteiger partial charge in [-0.25, -0.2) is 0 Å². The van der Waals surface area contributed by atoms with Gasteiger partial charge in [-0.3, -0.25) is 4.79 Å². The van der Waals surface area contributed by atoms with Gasteiger partial charge in [0.25, 0.3) is 0 Å². The van der Waals surface area contributed by atoms with E-state index in [2.05, 4.69) is 11.4 Å². The SMILES string of the molecule is O=C([O-])[C@H]1CCCC[C@@H]1C(=O)Nc1ccc2c(c1)CCC2. The number of carboxylic acid groups (broad SMARTS) is 1. The maximum absolute atomic E-state index is 12.4. The Labute approximate surface area is 124 Å². The van der Waals surface area contributed by atoms with Crippen molar-refractivity contribution >= 4 is 17.6 Å². The Morgan fingerprint density at radius 1 is 1.00 bits per heavy atom. The van der Waals surface area contributed by atoms with Crippen LogP contribution in [-0.4, -0.2) is 11.9 Å². The van der Waals surface area contributed by atoms with E-state index >= 15 is 0 Å². The molecule has 1 N–H and O–H groups in total. The molecule has 4 heteroatoms. The van der Waals surface area contributed by atoms with Crippen LogP contribution in [0, 0.1) is 11.8 Å². The summed E-state index contributed by atoms with van der Waals surface area (Å²) in [7, 11) is 0. The van der Waals surface area contributed by atoms with Gasteiger partial charge in [-0.05, 0) is 55.4 Å². The van der Waals surface area contributed by atoms with Gasteiger partial charge in [0.2, 0.25) is 5.91 Å². The molecule has 1 fully saturated rings. The van der Waals surface area contributed by atoms with Crippen LogP contribution in [0.5, 0.6) is 0 Å². The zero-order chi connectivity index (χ0) is 14.8. The molecular formula is C17H20NO3-. The van der Waals surface area contributed by atoms with Crippen molar-refractivity contribution < 1.29 is 14.7 Å². The summed E-state index contributed by atoms with van der Waals surface area (Å²) in [6.45, 7) is 0. The lowest BCUT2D eigenvalue weighted by atomic mass is 9.78. The molecule has 2 aliphatic rings. The Kier molecular flexibility index (Phi) is 3.95. The van der Waals surface area contributed by atoms with E-state index in [1.165, 1.54) is 17.5 Å². The van der Waals surface area contributed by atoms with Crippen molar-refractivity contribution in [3.05, 3.63) is 29.3 Å². The molecule has 0 aliphatic heterocycles. The standard InChI is InChI=1S/C17H21NO3/c19-16(14-6-1-2-7-15(14)17(20)21)18-13-9-8-11-4-3-5-12(11)10-13/h8-10,14-15H,1-7H2,(H,18,19)(H,20,21)/p-1/t14-,15-/m0/s1. The van der Waals surface area contributed by atoms with Crippen molar-refractivity contribution in [2.24, 2.45) is 11.8 Å². The lowest BCUT2D eigenvalue weighted by Gasteiger charge is -2.31. The van der Waals surface area contributed by atoms with E-state index in [1.54, 1.807) is 0 Å². The number of hydrogen-bond acceptors (Lipinski definition) is 3. The van der Waals surface area contributed by atoms with Gasteiger partial charge in [0.15, 0.2) is 0 Å². The van der Waals surface area contributed by atoms with Gasteiger partial charge in [0, 0.05) is 23.5 Å². The number of carbonyl (C=O) groups is 2. The van der Waals surface area contributed by atoms with E-state index in [4.69, 9.17) is 0 Å². The van der Waals surface area contributed by atoms with E-state index < -0.39 is 17.8 Å². The zero-order valence-corrected chi connectivity index (χ0v) is 12.1. The van der Waals surface area contributed by atoms with Gasteiger partial charge >= 0.3 is 0 Å². The van der Waals surface area contributed by atoms with Gasteiger partial charge in [0.05, 0.1) is 0 Å². The van der Waals surface area contributed by atoms with Crippen molar-refractivity contribution in [2.75, 3.05) is 5.32 Å². The number of hydrogen-bond donors (Lipinski definition) is 1. The molecule has 2 aliphatic carbocycles. The topological polar surface area (TPSA) is 69.2 Å². The van der Waals surface area contributed by atoms with Crippen LogP contribution >= 0.6 is 0 Å². The van der Waals surface area contributed by atoms with E-state index in [9.17, 15) is 14.7 Å². The highest BCUT2D eigenvalue weighted by atomic mass is 16.4. The number of nitrogens with one attached hydrogen (secondary N) is 1. The van der Waals surface area contributed by atoms with Crippen LogP contribution in [0.2, 0.25) is 0 Å². The summed E-state index contributed by atoms with van der Waals surface area (Å²) in [5.74, 6) is -2.38. The average molecular weight is 286 g/mol. The minimum absolute atomic E-state index is 0.179. The van der Waals surface area contributed by atoms with E-state index in [-0.39, 0.29) is 5.91 Å². The van der Waals surface area contributed by atoms with Crippen LogP contribution in [0.1, 0.15) is 43.2 Å². The largest absolute Gasteiger partial charge is 0.550 e. The Bertz CT molecular complexity index is 567. The van der Waals surface area contributed by atoms with Gasteiger partial charge in [0.1, 0.15) is 0 Å². The Balaban J connectivity index is 1.71. The molecule has 0 saturated heterocycles. The molecule has 0 bridgehead atoms. The highest BCUT2D eigenvalue weighted by Gasteiger charge is 2.31. The molecular weight excluding hydrogens is 266 g/mol. The first-order chi connectivity index (χ1) is 10.1. The summed E-state index contributed by atoms with van der Waals surface area (Å²) in [5.41, 5.74) is 3.44. The summed E-state index contributed by atoms with van der Waals surface area (Å²) >= 11 is 0. The van der Waals surface area contributed by atoms with Crippen LogP contribution in [0.4, 0.5) is 5.69 Å². The molecule has 1 aromatic carbocycles. The van der Waals surface area contributed by atoms with E-state index in [0.29, 0.717) is 12.8 Å². The first-order valence-electron chi connectivity index (χ1n) is 7.78. The van der Waals surface area contributed by atoms with Crippen molar-refractivity contribution in [2.45, 2.75) is 44.9 Å². The fourth-order valence-electron chi connectivity index (χ4n) is 3.61. The van der Waals surface area contributed by atoms with Gasteiger partial charge in [-0.2, -0.15) is 0 Å². The van der Waals surface area contributed by atoms with Crippen LogP contribution < -0.4 is 10.4 Å². The summed E-state index contributed by atoms with van der Waals surface area (Å²) in [4.78, 5) is 23.6. The summed E-state index contributed by atoms with van der Waals surface area (Å²) in [6, 6.07) is 6.00. The number of rotatable bonds is 3. The van der Waals surface area contributed by atoms with Crippen LogP contribution in [0.15, 0.2) is 18.2 Å². The molecule has 21 heavy (non-hydrogen) atoms. The third-order valence-corrected chi connectivity index (χ3v) is 4.77. The third kappa shape index (κ3) is 2.94. The number of aryl methyl sites for hydroxylation is 2. The highest BCUT2D eigenvalue weighted by molar-refractivity contribution is 5.95. The summed E-state index contributed by atoms with van der Waals surface area (Å²) < 4.78 is 0. The summed E-state index contributed by atoms with van der Waals surface area (Å²) in [5, 5.41) is 14.1. The quantitative estimate of drug-likeness (QED) is 0.919. The van der Waals surface area contributed by atoms with Crippen LogP contribution in [0.3, 0.4) is 0 Å². The molecule has 0 spiro atoms. The second-order valence-electron chi connectivity index (χ2n) is 6.14. The molecule has 1 aromatic rings. The molecule has 2 atom stereocenters. The molecule has 1 saturated carbocycles. The molecule has 3 rings (SSSR count). The maximum atomic E-state index is 12.4. The minimum Gasteiger partial charge on any atom is -0.550 e. The summed E-state index contributed by atoms with van der Waals surface area (Å²) in [6.07, 6.45) is 6.29. The van der Waals surface area contributed by atoms with Gasteiger partial charge in [-0.15, -0.1) is 0 Å². The van der Waals surface area contributed by atoms with Gasteiger partial charge < -0.3 is 15.2 Å². The number of carbonyl (C=O) groups excluding carboxylic acids is 2. The van der Waals surface area contributed by atoms with Gasteiger partial charge in [-0.1, -0.05) is 18.9 Å². The third-order valence-electron chi connectivity index (χ3n) is 4.77. The molecule has 0 heterocycles. The molecule has 1 amide bonds. The van der Waals surface area contributed by atoms with Crippen LogP contribution in [-0.2, 0) is 22.4 Å². The predicted molar refractivity (Wildman–Crippen MR) is 77.6 cm³/mol. The van der Waals surface area contributed by atoms with Crippen molar-refractivity contribution in [1.82, 2.24) is 0 Å². The predicted octanol–water partition coefficient (Wildman–Crippen LogP) is 1.67. The Morgan fingerprint density at radius 2 is 1.71 bits per heavy atom. The monoisotopic (exact) mass is 286 g/mol. The Morgan fingerprint density at radius 3 is 2.48 bits per heavy atom. The second-order valence-corrected chi connectivity index (χ2v) is 6.14. The average Bonchev–Trinajstić information content (AvgIpc) is 2.94. The normalized spacial score (nSPS) is 24.4. The van der Waals surface area contributed by atoms with Crippen molar-refractivity contribution in [1.29, 1.82) is 0 Å². The number of benzene rings is 1. The van der Waals surface area contributed by atoms with Crippen molar-refractivity contribution in [3.63, 3.8) is 0 Å². The second kappa shape index (κ2) is 5.88.